The number of fused-ring (bicyclic) bond motifs is 1. The predicted octanol–water partition coefficient (Wildman–Crippen LogP) is 1.94. The second-order valence-electron chi connectivity index (χ2n) is 4.70. The minimum Gasteiger partial charge on any atom is -0.482 e. The van der Waals surface area contributed by atoms with Crippen LogP contribution >= 0.6 is 11.3 Å². The molecule has 5 nitrogen and oxygen atoms in total. The van der Waals surface area contributed by atoms with E-state index in [4.69, 9.17) is 4.74 Å². The van der Waals surface area contributed by atoms with Crippen LogP contribution in [0.4, 0.5) is 5.69 Å². The molecule has 2 aromatic rings. The lowest BCUT2D eigenvalue weighted by molar-refractivity contribution is -0.120. The number of anilines is 1. The summed E-state index contributed by atoms with van der Waals surface area (Å²) in [6.07, 6.45) is 0.391. The minimum atomic E-state index is -0.165. The molecule has 0 saturated heterocycles. The van der Waals surface area contributed by atoms with E-state index in [1.807, 2.05) is 29.6 Å². The van der Waals surface area contributed by atoms with Crippen molar-refractivity contribution >= 4 is 28.8 Å². The van der Waals surface area contributed by atoms with E-state index < -0.39 is 0 Å². The number of hydrogen-bond acceptors (Lipinski definition) is 4. The summed E-state index contributed by atoms with van der Waals surface area (Å²) in [5.74, 6) is 0.472. The van der Waals surface area contributed by atoms with Crippen LogP contribution < -0.4 is 15.4 Å². The Morgan fingerprint density at radius 1 is 1.38 bits per heavy atom. The molecule has 0 spiro atoms. The molecular formula is C15H14N2O3S. The molecule has 2 heterocycles. The predicted molar refractivity (Wildman–Crippen MR) is 80.4 cm³/mol. The van der Waals surface area contributed by atoms with Crippen molar-refractivity contribution in [2.24, 2.45) is 0 Å². The Bertz CT molecular complexity index is 668. The summed E-state index contributed by atoms with van der Waals surface area (Å²) in [5.41, 5.74) is 1.57. The van der Waals surface area contributed by atoms with Crippen LogP contribution in [-0.4, -0.2) is 18.4 Å². The quantitative estimate of drug-likeness (QED) is 0.907. The number of hydrogen-bond donors (Lipinski definition) is 2. The Morgan fingerprint density at radius 3 is 3.10 bits per heavy atom. The van der Waals surface area contributed by atoms with Gasteiger partial charge in [-0.25, -0.2) is 0 Å². The first kappa shape index (κ1) is 13.6. The fourth-order valence-corrected chi connectivity index (χ4v) is 2.78. The van der Waals surface area contributed by atoms with Crippen LogP contribution in [-0.2, 0) is 22.6 Å². The number of carbonyl (C=O) groups excluding carboxylic acids is 2. The molecule has 0 radical (unpaired) electrons. The first-order valence-electron chi connectivity index (χ1n) is 6.55. The van der Waals surface area contributed by atoms with Crippen LogP contribution in [0.5, 0.6) is 5.75 Å². The Labute approximate surface area is 125 Å². The number of thiophene rings is 1. The molecule has 0 atom stereocenters. The van der Waals surface area contributed by atoms with E-state index in [0.717, 1.165) is 10.4 Å². The van der Waals surface area contributed by atoms with Gasteiger partial charge < -0.3 is 15.4 Å². The summed E-state index contributed by atoms with van der Waals surface area (Å²) in [6, 6.07) is 9.37. The highest BCUT2D eigenvalue weighted by molar-refractivity contribution is 7.10. The fraction of sp³-hybridized carbons (Fsp3) is 0.200. The lowest BCUT2D eigenvalue weighted by atomic mass is 10.1. The van der Waals surface area contributed by atoms with Crippen molar-refractivity contribution in [3.63, 3.8) is 0 Å². The van der Waals surface area contributed by atoms with Gasteiger partial charge in [0.05, 0.1) is 12.1 Å². The van der Waals surface area contributed by atoms with E-state index in [2.05, 4.69) is 10.6 Å². The molecule has 0 saturated carbocycles. The molecular weight excluding hydrogens is 288 g/mol. The number of benzene rings is 1. The van der Waals surface area contributed by atoms with Gasteiger partial charge in [0.25, 0.3) is 5.91 Å². The van der Waals surface area contributed by atoms with Crippen molar-refractivity contribution in [2.75, 3.05) is 11.9 Å². The average molecular weight is 302 g/mol. The second-order valence-corrected chi connectivity index (χ2v) is 5.73. The largest absolute Gasteiger partial charge is 0.482 e. The van der Waals surface area contributed by atoms with Crippen LogP contribution in [0.3, 0.4) is 0 Å². The smallest absolute Gasteiger partial charge is 0.262 e. The lowest BCUT2D eigenvalue weighted by Gasteiger charge is -2.18. The molecule has 0 bridgehead atoms. The van der Waals surface area contributed by atoms with E-state index in [-0.39, 0.29) is 18.4 Å². The third-order valence-electron chi connectivity index (χ3n) is 3.08. The maximum absolute atomic E-state index is 11.8. The number of ether oxygens (including phenoxy) is 1. The third kappa shape index (κ3) is 3.41. The van der Waals surface area contributed by atoms with Gasteiger partial charge in [0, 0.05) is 11.4 Å². The molecule has 3 rings (SSSR count). The molecule has 0 fully saturated rings. The molecule has 108 valence electrons. The molecule has 6 heteroatoms. The zero-order valence-electron chi connectivity index (χ0n) is 11.2. The van der Waals surface area contributed by atoms with Crippen molar-refractivity contribution in [1.82, 2.24) is 5.32 Å². The van der Waals surface area contributed by atoms with E-state index in [1.165, 1.54) is 0 Å². The molecule has 1 aliphatic heterocycles. The molecule has 0 aliphatic carbocycles. The summed E-state index contributed by atoms with van der Waals surface area (Å²) >= 11 is 1.57. The van der Waals surface area contributed by atoms with Crippen LogP contribution in [0.2, 0.25) is 0 Å². The topological polar surface area (TPSA) is 67.4 Å². The lowest BCUT2D eigenvalue weighted by Crippen LogP contribution is -2.26. The highest BCUT2D eigenvalue weighted by atomic mass is 32.1. The Hall–Kier alpha value is -2.34. The first-order chi connectivity index (χ1) is 10.2. The van der Waals surface area contributed by atoms with E-state index >= 15 is 0 Å². The Balaban J connectivity index is 1.59. The van der Waals surface area contributed by atoms with Crippen LogP contribution in [0.15, 0.2) is 35.7 Å². The van der Waals surface area contributed by atoms with Crippen molar-refractivity contribution in [2.45, 2.75) is 13.0 Å². The van der Waals surface area contributed by atoms with Crippen molar-refractivity contribution in [3.8, 4) is 5.75 Å². The number of nitrogens with one attached hydrogen (secondary N) is 2. The van der Waals surface area contributed by atoms with Gasteiger partial charge in [-0.1, -0.05) is 12.1 Å². The van der Waals surface area contributed by atoms with E-state index in [0.29, 0.717) is 24.4 Å². The minimum absolute atomic E-state index is 0.0181. The van der Waals surface area contributed by atoms with Crippen molar-refractivity contribution < 1.29 is 14.3 Å². The highest BCUT2D eigenvalue weighted by Gasteiger charge is 2.16. The second kappa shape index (κ2) is 5.97. The maximum atomic E-state index is 11.8. The maximum Gasteiger partial charge on any atom is 0.262 e. The highest BCUT2D eigenvalue weighted by Crippen LogP contribution is 2.28. The van der Waals surface area contributed by atoms with Gasteiger partial charge in [0.1, 0.15) is 5.75 Å². The van der Waals surface area contributed by atoms with Crippen LogP contribution in [0.25, 0.3) is 0 Å². The first-order valence-corrected chi connectivity index (χ1v) is 7.43. The zero-order chi connectivity index (χ0) is 14.7. The van der Waals surface area contributed by atoms with Crippen LogP contribution in [0, 0.1) is 0 Å². The van der Waals surface area contributed by atoms with Gasteiger partial charge >= 0.3 is 0 Å². The van der Waals surface area contributed by atoms with Gasteiger partial charge in [-0.05, 0) is 29.1 Å². The number of carbonyl (C=O) groups is 2. The monoisotopic (exact) mass is 302 g/mol. The summed E-state index contributed by atoms with van der Waals surface area (Å²) in [6.45, 7) is 0.469. The average Bonchev–Trinajstić information content (AvgIpc) is 2.97. The summed E-state index contributed by atoms with van der Waals surface area (Å²) < 4.78 is 5.29. The molecule has 1 aromatic heterocycles. The SMILES string of the molecule is O=C(Cc1cccs1)NCc1ccc2c(c1)NC(=O)CO2. The summed E-state index contributed by atoms with van der Waals surface area (Å²) in [4.78, 5) is 24.1. The fourth-order valence-electron chi connectivity index (χ4n) is 2.07. The van der Waals surface area contributed by atoms with Gasteiger partial charge in [-0.15, -0.1) is 11.3 Å². The summed E-state index contributed by atoms with van der Waals surface area (Å²) in [5, 5.41) is 7.57. The standard InChI is InChI=1S/C15H14N2O3S/c18-14(7-11-2-1-5-21-11)16-8-10-3-4-13-12(6-10)17-15(19)9-20-13/h1-6H,7-9H2,(H,16,18)(H,17,19). The van der Waals surface area contributed by atoms with Gasteiger partial charge in [0.15, 0.2) is 6.61 Å². The number of rotatable bonds is 4. The van der Waals surface area contributed by atoms with E-state index in [9.17, 15) is 9.59 Å². The van der Waals surface area contributed by atoms with Crippen molar-refractivity contribution in [3.05, 3.63) is 46.2 Å². The number of amides is 2. The molecule has 2 amide bonds. The molecule has 21 heavy (non-hydrogen) atoms. The van der Waals surface area contributed by atoms with Crippen LogP contribution in [0.1, 0.15) is 10.4 Å². The third-order valence-corrected chi connectivity index (χ3v) is 3.96. The normalized spacial score (nSPS) is 13.0. The molecule has 1 aromatic carbocycles. The molecule has 0 unspecified atom stereocenters. The van der Waals surface area contributed by atoms with Gasteiger partial charge in [-0.2, -0.15) is 0 Å². The van der Waals surface area contributed by atoms with E-state index in [1.54, 1.807) is 17.4 Å². The van der Waals surface area contributed by atoms with Gasteiger partial charge in [0.2, 0.25) is 5.91 Å². The molecule has 1 aliphatic rings. The Kier molecular flexibility index (Phi) is 3.87. The zero-order valence-corrected chi connectivity index (χ0v) is 12.0. The Morgan fingerprint density at radius 2 is 2.29 bits per heavy atom. The molecule has 2 N–H and O–H groups in total. The van der Waals surface area contributed by atoms with Crippen molar-refractivity contribution in [1.29, 1.82) is 0 Å². The summed E-state index contributed by atoms with van der Waals surface area (Å²) in [7, 11) is 0. The van der Waals surface area contributed by atoms with Gasteiger partial charge in [-0.3, -0.25) is 9.59 Å².